The first-order valence-electron chi connectivity index (χ1n) is 6.11. The van der Waals surface area contributed by atoms with Crippen molar-refractivity contribution in [3.05, 3.63) is 35.6 Å². The number of alkyl halides is 1. The van der Waals surface area contributed by atoms with Crippen LogP contribution in [0.3, 0.4) is 0 Å². The Bertz CT molecular complexity index is 363. The Morgan fingerprint density at radius 3 is 2.38 bits per heavy atom. The van der Waals surface area contributed by atoms with Gasteiger partial charge in [0.2, 0.25) is 0 Å². The maximum Gasteiger partial charge on any atom is 0.123 e. The highest BCUT2D eigenvalue weighted by atomic mass is 35.5. The van der Waals surface area contributed by atoms with E-state index >= 15 is 0 Å². The van der Waals surface area contributed by atoms with Crippen LogP contribution in [-0.4, -0.2) is 5.38 Å². The molecule has 86 valence electrons. The van der Waals surface area contributed by atoms with E-state index in [1.54, 1.807) is 0 Å². The minimum atomic E-state index is -0.169. The van der Waals surface area contributed by atoms with Crippen molar-refractivity contribution in [2.45, 2.75) is 31.1 Å². The summed E-state index contributed by atoms with van der Waals surface area (Å²) < 4.78 is 12.7. The molecule has 0 aromatic heterocycles. The zero-order valence-electron chi connectivity index (χ0n) is 9.20. The van der Waals surface area contributed by atoms with Gasteiger partial charge in [0.1, 0.15) is 5.82 Å². The molecule has 16 heavy (non-hydrogen) atoms. The van der Waals surface area contributed by atoms with Gasteiger partial charge < -0.3 is 0 Å². The molecule has 2 fully saturated rings. The number of halogens is 2. The van der Waals surface area contributed by atoms with Crippen molar-refractivity contribution in [2.75, 3.05) is 0 Å². The second-order valence-electron chi connectivity index (χ2n) is 5.33. The van der Waals surface area contributed by atoms with E-state index in [-0.39, 0.29) is 11.2 Å². The SMILES string of the molecule is Fc1ccc(CC(Cl)C2CC3CC3C2)cc1. The fourth-order valence-electron chi connectivity index (χ4n) is 3.07. The van der Waals surface area contributed by atoms with Crippen LogP contribution in [0.25, 0.3) is 0 Å². The largest absolute Gasteiger partial charge is 0.207 e. The van der Waals surface area contributed by atoms with E-state index in [0.717, 1.165) is 23.8 Å². The third-order valence-corrected chi connectivity index (χ3v) is 4.65. The Balaban J connectivity index is 1.59. The fraction of sp³-hybridized carbons (Fsp3) is 0.571. The molecule has 1 aromatic rings. The van der Waals surface area contributed by atoms with Crippen molar-refractivity contribution in [1.82, 2.24) is 0 Å². The van der Waals surface area contributed by atoms with Gasteiger partial charge in [0.05, 0.1) is 0 Å². The van der Waals surface area contributed by atoms with Crippen LogP contribution in [0.15, 0.2) is 24.3 Å². The van der Waals surface area contributed by atoms with Crippen molar-refractivity contribution in [3.63, 3.8) is 0 Å². The molecule has 3 atom stereocenters. The molecule has 2 aliphatic rings. The second-order valence-corrected chi connectivity index (χ2v) is 5.89. The highest BCUT2D eigenvalue weighted by Crippen LogP contribution is 2.56. The lowest BCUT2D eigenvalue weighted by Gasteiger charge is -2.18. The van der Waals surface area contributed by atoms with Gasteiger partial charge in [-0.2, -0.15) is 0 Å². The first-order valence-corrected chi connectivity index (χ1v) is 6.54. The van der Waals surface area contributed by atoms with E-state index in [9.17, 15) is 4.39 Å². The summed E-state index contributed by atoms with van der Waals surface area (Å²) in [6.07, 6.45) is 4.96. The number of rotatable bonds is 3. The van der Waals surface area contributed by atoms with Gasteiger partial charge in [0.25, 0.3) is 0 Å². The highest BCUT2D eigenvalue weighted by molar-refractivity contribution is 6.20. The molecule has 0 radical (unpaired) electrons. The molecule has 1 aromatic carbocycles. The molecule has 2 aliphatic carbocycles. The average molecular weight is 239 g/mol. The van der Waals surface area contributed by atoms with E-state index in [2.05, 4.69) is 0 Å². The summed E-state index contributed by atoms with van der Waals surface area (Å²) >= 11 is 6.45. The Morgan fingerprint density at radius 2 is 1.75 bits per heavy atom. The van der Waals surface area contributed by atoms with Crippen LogP contribution < -0.4 is 0 Å². The average Bonchev–Trinajstić information content (AvgIpc) is 2.89. The summed E-state index contributed by atoms with van der Waals surface area (Å²) in [4.78, 5) is 0. The van der Waals surface area contributed by atoms with Gasteiger partial charge in [-0.05, 0) is 61.1 Å². The maximum absolute atomic E-state index is 12.7. The van der Waals surface area contributed by atoms with Crippen LogP contribution >= 0.6 is 11.6 Å². The molecule has 0 amide bonds. The Labute approximate surface area is 101 Å². The highest BCUT2D eigenvalue weighted by Gasteiger charge is 2.47. The summed E-state index contributed by atoms with van der Waals surface area (Å²) in [6, 6.07) is 6.73. The molecule has 2 saturated carbocycles. The topological polar surface area (TPSA) is 0 Å². The molecule has 0 nitrogen and oxygen atoms in total. The van der Waals surface area contributed by atoms with Crippen LogP contribution in [0.4, 0.5) is 4.39 Å². The third kappa shape index (κ3) is 2.10. The summed E-state index contributed by atoms with van der Waals surface area (Å²) in [6.45, 7) is 0. The van der Waals surface area contributed by atoms with Crippen molar-refractivity contribution in [2.24, 2.45) is 17.8 Å². The van der Waals surface area contributed by atoms with Gasteiger partial charge in [-0.3, -0.25) is 0 Å². The smallest absolute Gasteiger partial charge is 0.123 e. The van der Waals surface area contributed by atoms with Crippen LogP contribution in [0.1, 0.15) is 24.8 Å². The first-order chi connectivity index (χ1) is 7.72. The summed E-state index contributed by atoms with van der Waals surface area (Å²) in [7, 11) is 0. The first kappa shape index (κ1) is 10.6. The van der Waals surface area contributed by atoms with E-state index in [1.165, 1.54) is 31.4 Å². The van der Waals surface area contributed by atoms with E-state index in [1.807, 2.05) is 12.1 Å². The lowest BCUT2D eigenvalue weighted by atomic mass is 9.94. The van der Waals surface area contributed by atoms with Crippen molar-refractivity contribution in [1.29, 1.82) is 0 Å². The molecule has 0 aliphatic heterocycles. The number of hydrogen-bond acceptors (Lipinski definition) is 0. The molecule has 0 saturated heterocycles. The van der Waals surface area contributed by atoms with Gasteiger partial charge in [0, 0.05) is 5.38 Å². The van der Waals surface area contributed by atoms with E-state index < -0.39 is 0 Å². The van der Waals surface area contributed by atoms with Gasteiger partial charge in [-0.1, -0.05) is 12.1 Å². The normalized spacial score (nSPS) is 33.5. The Morgan fingerprint density at radius 1 is 1.12 bits per heavy atom. The maximum atomic E-state index is 12.7. The summed E-state index contributed by atoms with van der Waals surface area (Å²) in [5.74, 6) is 2.49. The summed E-state index contributed by atoms with van der Waals surface area (Å²) in [5, 5.41) is 0.235. The van der Waals surface area contributed by atoms with Crippen LogP contribution in [0, 0.1) is 23.6 Å². The zero-order valence-corrected chi connectivity index (χ0v) is 9.96. The minimum absolute atomic E-state index is 0.169. The predicted molar refractivity (Wildman–Crippen MR) is 64.1 cm³/mol. The van der Waals surface area contributed by atoms with Gasteiger partial charge in [-0.25, -0.2) is 4.39 Å². The molecule has 0 N–H and O–H groups in total. The van der Waals surface area contributed by atoms with Crippen molar-refractivity contribution >= 4 is 11.6 Å². The monoisotopic (exact) mass is 238 g/mol. The Hall–Kier alpha value is -0.560. The van der Waals surface area contributed by atoms with Crippen LogP contribution in [-0.2, 0) is 6.42 Å². The van der Waals surface area contributed by atoms with Crippen molar-refractivity contribution < 1.29 is 4.39 Å². The van der Waals surface area contributed by atoms with Gasteiger partial charge in [0.15, 0.2) is 0 Å². The molecular weight excluding hydrogens is 223 g/mol. The van der Waals surface area contributed by atoms with E-state index in [4.69, 9.17) is 11.6 Å². The zero-order chi connectivity index (χ0) is 11.1. The molecule has 0 spiro atoms. The number of hydrogen-bond donors (Lipinski definition) is 0. The second kappa shape index (κ2) is 4.03. The van der Waals surface area contributed by atoms with Crippen molar-refractivity contribution in [3.8, 4) is 0 Å². The minimum Gasteiger partial charge on any atom is -0.207 e. The van der Waals surface area contributed by atoms with E-state index in [0.29, 0.717) is 5.92 Å². The van der Waals surface area contributed by atoms with Gasteiger partial charge >= 0.3 is 0 Å². The molecule has 0 heterocycles. The Kier molecular flexibility index (Phi) is 2.67. The lowest BCUT2D eigenvalue weighted by Crippen LogP contribution is -2.16. The quantitative estimate of drug-likeness (QED) is 0.698. The molecular formula is C14H16ClF. The standard InChI is InChI=1S/C14H16ClF/c15-14(12-7-10-6-11(10)8-12)5-9-1-3-13(16)4-2-9/h1-4,10-12,14H,5-8H2. The molecule has 3 unspecified atom stereocenters. The number of benzene rings is 1. The number of fused-ring (bicyclic) bond motifs is 1. The molecule has 2 heteroatoms. The lowest BCUT2D eigenvalue weighted by molar-refractivity contribution is 0.460. The molecule has 0 bridgehead atoms. The van der Waals surface area contributed by atoms with Gasteiger partial charge in [-0.15, -0.1) is 11.6 Å². The summed E-state index contributed by atoms with van der Waals surface area (Å²) in [5.41, 5.74) is 1.15. The van der Waals surface area contributed by atoms with Crippen LogP contribution in [0.2, 0.25) is 0 Å². The molecule has 3 rings (SSSR count). The predicted octanol–water partition coefficient (Wildman–Crippen LogP) is 4.02. The fourth-order valence-corrected chi connectivity index (χ4v) is 3.45. The third-order valence-electron chi connectivity index (χ3n) is 4.14. The van der Waals surface area contributed by atoms with Crippen LogP contribution in [0.5, 0.6) is 0 Å².